The van der Waals surface area contributed by atoms with Crippen molar-refractivity contribution in [2.24, 2.45) is 0 Å². The van der Waals surface area contributed by atoms with Gasteiger partial charge in [-0.05, 0) is 37.3 Å². The quantitative estimate of drug-likeness (QED) is 0.455. The Morgan fingerprint density at radius 1 is 1.24 bits per heavy atom. The summed E-state index contributed by atoms with van der Waals surface area (Å²) in [5.74, 6) is 0.541. The predicted molar refractivity (Wildman–Crippen MR) is 131 cm³/mol. The highest BCUT2D eigenvalue weighted by Crippen LogP contribution is 2.30. The van der Waals surface area contributed by atoms with Crippen molar-refractivity contribution >= 4 is 40.0 Å². The lowest BCUT2D eigenvalue weighted by Crippen LogP contribution is -2.31. The summed E-state index contributed by atoms with van der Waals surface area (Å²) in [6.07, 6.45) is 6.79. The summed E-state index contributed by atoms with van der Waals surface area (Å²) in [7, 11) is 0. The van der Waals surface area contributed by atoms with Crippen molar-refractivity contribution in [2.75, 3.05) is 5.32 Å². The fourth-order valence-electron chi connectivity index (χ4n) is 4.42. The summed E-state index contributed by atoms with van der Waals surface area (Å²) in [6.45, 7) is 4.74. The van der Waals surface area contributed by atoms with E-state index >= 15 is 0 Å². The van der Waals surface area contributed by atoms with Gasteiger partial charge in [0, 0.05) is 37.5 Å². The monoisotopic (exact) mass is 467 g/mol. The number of hydrogen-bond donors (Lipinski definition) is 2. The summed E-state index contributed by atoms with van der Waals surface area (Å²) in [4.78, 5) is 29.7. The lowest BCUT2D eigenvalue weighted by atomic mass is 9.94. The number of amides is 1. The number of benzene rings is 1. The smallest absolute Gasteiger partial charge is 0.255 e. The van der Waals surface area contributed by atoms with Gasteiger partial charge in [-0.2, -0.15) is 5.10 Å². The summed E-state index contributed by atoms with van der Waals surface area (Å²) in [5.41, 5.74) is 4.01. The lowest BCUT2D eigenvalue weighted by Gasteiger charge is -2.25. The molecule has 0 spiro atoms. The molecule has 1 aliphatic rings. The molecular formula is C25H30ClN5O2. The van der Waals surface area contributed by atoms with Gasteiger partial charge in [0.2, 0.25) is 0 Å². The zero-order valence-electron chi connectivity index (χ0n) is 19.1. The average molecular weight is 468 g/mol. The van der Waals surface area contributed by atoms with Gasteiger partial charge in [-0.1, -0.05) is 31.2 Å². The molecule has 2 heterocycles. The molecule has 33 heavy (non-hydrogen) atoms. The second-order valence-electron chi connectivity index (χ2n) is 8.51. The minimum Gasteiger partial charge on any atom is -0.381 e. The molecule has 1 atom stereocenters. The van der Waals surface area contributed by atoms with Crippen molar-refractivity contribution < 1.29 is 9.59 Å². The van der Waals surface area contributed by atoms with Crippen LogP contribution in [-0.4, -0.2) is 32.5 Å². The number of rotatable bonds is 8. The van der Waals surface area contributed by atoms with Crippen LogP contribution in [0.25, 0.3) is 11.0 Å². The number of hydrogen-bond acceptors (Lipinski definition) is 5. The molecule has 2 aromatic heterocycles. The highest BCUT2D eigenvalue weighted by molar-refractivity contribution is 6.17. The Morgan fingerprint density at radius 3 is 2.73 bits per heavy atom. The maximum atomic E-state index is 13.5. The van der Waals surface area contributed by atoms with Crippen LogP contribution in [0.4, 0.5) is 5.69 Å². The van der Waals surface area contributed by atoms with Gasteiger partial charge in [-0.3, -0.25) is 9.59 Å². The number of ketones is 1. The SMILES string of the molecule is CCC(NC(=O)c1cnc2c(cnn2CC)c1NC1CCC(=O)CC1)c1cccc(CCl)c1. The molecule has 7 nitrogen and oxygen atoms in total. The Kier molecular flexibility index (Phi) is 7.28. The largest absolute Gasteiger partial charge is 0.381 e. The van der Waals surface area contributed by atoms with Gasteiger partial charge < -0.3 is 10.6 Å². The summed E-state index contributed by atoms with van der Waals surface area (Å²) in [5, 5.41) is 12.0. The van der Waals surface area contributed by atoms with Crippen LogP contribution < -0.4 is 10.6 Å². The number of nitrogens with one attached hydrogen (secondary N) is 2. The number of aryl methyl sites for hydroxylation is 1. The highest BCUT2D eigenvalue weighted by Gasteiger charge is 2.25. The number of alkyl halides is 1. The molecule has 0 bridgehead atoms. The van der Waals surface area contributed by atoms with Gasteiger partial charge in [-0.25, -0.2) is 9.67 Å². The van der Waals surface area contributed by atoms with Crippen molar-refractivity contribution in [1.82, 2.24) is 20.1 Å². The molecule has 4 rings (SSSR count). The van der Waals surface area contributed by atoms with Crippen LogP contribution in [0.2, 0.25) is 0 Å². The van der Waals surface area contributed by atoms with Crippen molar-refractivity contribution in [3.63, 3.8) is 0 Å². The van der Waals surface area contributed by atoms with Crippen LogP contribution >= 0.6 is 11.6 Å². The third-order valence-electron chi connectivity index (χ3n) is 6.32. The normalized spacial score (nSPS) is 15.5. The van der Waals surface area contributed by atoms with Gasteiger partial charge in [0.05, 0.1) is 28.9 Å². The molecular weight excluding hydrogens is 438 g/mol. The number of pyridine rings is 1. The summed E-state index contributed by atoms with van der Waals surface area (Å²) < 4.78 is 1.82. The standard InChI is InChI=1S/C25H30ClN5O2/c1-3-22(17-7-5-6-16(12-17)13-26)30-25(33)21-14-27-24-20(15-28-31(24)4-2)23(21)29-18-8-10-19(32)11-9-18/h5-7,12,14-15,18,22H,3-4,8-11,13H2,1-2H3,(H,27,29)(H,30,33). The Bertz CT molecular complexity index is 1150. The first-order chi connectivity index (χ1) is 16.0. The van der Waals surface area contributed by atoms with Crippen LogP contribution in [0, 0.1) is 0 Å². The van der Waals surface area contributed by atoms with E-state index in [9.17, 15) is 9.59 Å². The van der Waals surface area contributed by atoms with Crippen molar-refractivity contribution in [3.8, 4) is 0 Å². The molecule has 1 fully saturated rings. The number of fused-ring (bicyclic) bond motifs is 1. The predicted octanol–water partition coefficient (Wildman–Crippen LogP) is 4.99. The van der Waals surface area contributed by atoms with Crippen molar-refractivity contribution in [1.29, 1.82) is 0 Å². The maximum Gasteiger partial charge on any atom is 0.255 e. The number of anilines is 1. The number of carbonyl (C=O) groups excluding carboxylic acids is 2. The Balaban J connectivity index is 1.66. The minimum atomic E-state index is -0.189. The summed E-state index contributed by atoms with van der Waals surface area (Å²) >= 11 is 6.01. The van der Waals surface area contributed by atoms with Crippen molar-refractivity contribution in [2.45, 2.75) is 70.5 Å². The average Bonchev–Trinajstić information content (AvgIpc) is 3.27. The van der Waals surface area contributed by atoms with Gasteiger partial charge in [-0.15, -0.1) is 11.6 Å². The van der Waals surface area contributed by atoms with Gasteiger partial charge in [0.15, 0.2) is 5.65 Å². The molecule has 0 saturated heterocycles. The molecule has 1 aliphatic carbocycles. The Hall–Kier alpha value is -2.93. The first-order valence-corrected chi connectivity index (χ1v) is 12.2. The lowest BCUT2D eigenvalue weighted by molar-refractivity contribution is -0.120. The van der Waals surface area contributed by atoms with Gasteiger partial charge in [0.25, 0.3) is 5.91 Å². The molecule has 8 heteroatoms. The van der Waals surface area contributed by atoms with Crippen LogP contribution in [0.1, 0.15) is 73.5 Å². The third kappa shape index (κ3) is 5.03. The molecule has 1 saturated carbocycles. The second kappa shape index (κ2) is 10.3. The van der Waals surface area contributed by atoms with E-state index < -0.39 is 0 Å². The molecule has 1 amide bonds. The van der Waals surface area contributed by atoms with Crippen molar-refractivity contribution in [3.05, 3.63) is 53.3 Å². The zero-order chi connectivity index (χ0) is 23.4. The third-order valence-corrected chi connectivity index (χ3v) is 6.63. The van der Waals surface area contributed by atoms with Gasteiger partial charge >= 0.3 is 0 Å². The highest BCUT2D eigenvalue weighted by atomic mass is 35.5. The summed E-state index contributed by atoms with van der Waals surface area (Å²) in [6, 6.07) is 7.97. The topological polar surface area (TPSA) is 88.9 Å². The molecule has 0 aliphatic heterocycles. The molecule has 174 valence electrons. The van der Waals surface area contributed by atoms with E-state index in [0.29, 0.717) is 36.6 Å². The van der Waals surface area contributed by atoms with E-state index in [1.807, 2.05) is 42.8 Å². The first-order valence-electron chi connectivity index (χ1n) is 11.6. The number of nitrogens with zero attached hydrogens (tertiary/aromatic N) is 3. The molecule has 3 aromatic rings. The number of halogens is 1. The van der Waals surface area contributed by atoms with Crippen LogP contribution in [0.3, 0.4) is 0 Å². The van der Waals surface area contributed by atoms with E-state index in [4.69, 9.17) is 11.6 Å². The number of carbonyl (C=O) groups is 2. The fourth-order valence-corrected chi connectivity index (χ4v) is 4.59. The van der Waals surface area contributed by atoms with Crippen LogP contribution in [-0.2, 0) is 17.2 Å². The maximum absolute atomic E-state index is 13.5. The molecule has 0 radical (unpaired) electrons. The fraction of sp³-hybridized carbons (Fsp3) is 0.440. The number of aromatic nitrogens is 3. The van der Waals surface area contributed by atoms with E-state index in [0.717, 1.165) is 47.1 Å². The Morgan fingerprint density at radius 2 is 2.03 bits per heavy atom. The Labute approximate surface area is 198 Å². The van der Waals surface area contributed by atoms with Gasteiger partial charge in [0.1, 0.15) is 5.78 Å². The zero-order valence-corrected chi connectivity index (χ0v) is 19.9. The molecule has 1 aromatic carbocycles. The number of Topliss-reactive ketones (excluding diaryl/α,β-unsaturated/α-hetero) is 1. The van der Waals surface area contributed by atoms with E-state index in [1.54, 1.807) is 12.4 Å². The van der Waals surface area contributed by atoms with Crippen LogP contribution in [0.15, 0.2) is 36.7 Å². The molecule has 2 N–H and O–H groups in total. The van der Waals surface area contributed by atoms with E-state index in [-0.39, 0.29) is 18.0 Å². The molecule has 1 unspecified atom stereocenters. The minimum absolute atomic E-state index is 0.132. The first kappa shape index (κ1) is 23.2. The van der Waals surface area contributed by atoms with Crippen LogP contribution in [0.5, 0.6) is 0 Å². The second-order valence-corrected chi connectivity index (χ2v) is 8.78. The van der Waals surface area contributed by atoms with E-state index in [1.165, 1.54) is 0 Å². The van der Waals surface area contributed by atoms with E-state index in [2.05, 4.69) is 20.7 Å².